The molecule has 2 aromatic heterocycles. The van der Waals surface area contributed by atoms with E-state index < -0.39 is 11.9 Å². The van der Waals surface area contributed by atoms with E-state index in [9.17, 15) is 9.59 Å². The SMILES string of the molecule is COc1ccccc1[C@H](C(=O)NC1CCCCC1)N(C(=O)c1cnccn1)c1cccs1. The number of carbonyl (C=O) groups excluding carboxylic acids is 2. The Morgan fingerprint density at radius 1 is 1.12 bits per heavy atom. The smallest absolute Gasteiger partial charge is 0.280 e. The molecule has 1 atom stereocenters. The van der Waals surface area contributed by atoms with Crippen LogP contribution in [0.5, 0.6) is 5.75 Å². The zero-order valence-corrected chi connectivity index (χ0v) is 18.8. The third-order valence-corrected chi connectivity index (χ3v) is 6.50. The summed E-state index contributed by atoms with van der Waals surface area (Å²) in [5.41, 5.74) is 0.792. The number of thiophene rings is 1. The molecule has 8 heteroatoms. The van der Waals surface area contributed by atoms with Gasteiger partial charge in [-0.1, -0.05) is 37.5 Å². The van der Waals surface area contributed by atoms with Gasteiger partial charge in [-0.05, 0) is 36.4 Å². The van der Waals surface area contributed by atoms with E-state index in [1.807, 2.05) is 35.7 Å². The first-order valence-corrected chi connectivity index (χ1v) is 11.6. The standard InChI is InChI=1S/C24H26N4O3S/c1-31-20-11-6-5-10-18(20)22(23(29)27-17-8-3-2-4-9-17)28(21-12-7-15-32-21)24(30)19-16-25-13-14-26-19/h5-7,10-17,22H,2-4,8-9H2,1H3,(H,27,29)/t22-/m1/s1. The van der Waals surface area contributed by atoms with Gasteiger partial charge in [0, 0.05) is 24.0 Å². The molecule has 0 radical (unpaired) electrons. The van der Waals surface area contributed by atoms with Gasteiger partial charge in [-0.15, -0.1) is 11.3 Å². The summed E-state index contributed by atoms with van der Waals surface area (Å²) in [7, 11) is 1.56. The van der Waals surface area contributed by atoms with Crippen molar-refractivity contribution in [3.8, 4) is 5.75 Å². The van der Waals surface area contributed by atoms with Gasteiger partial charge in [-0.2, -0.15) is 0 Å². The van der Waals surface area contributed by atoms with Crippen molar-refractivity contribution in [2.45, 2.75) is 44.2 Å². The fourth-order valence-electron chi connectivity index (χ4n) is 4.10. The Morgan fingerprint density at radius 3 is 2.62 bits per heavy atom. The fourth-order valence-corrected chi connectivity index (χ4v) is 4.86. The van der Waals surface area contributed by atoms with Gasteiger partial charge in [-0.25, -0.2) is 4.98 Å². The molecule has 166 valence electrons. The van der Waals surface area contributed by atoms with Crippen LogP contribution in [0.25, 0.3) is 0 Å². The average Bonchev–Trinajstić information content (AvgIpc) is 3.37. The van der Waals surface area contributed by atoms with E-state index in [1.165, 1.54) is 41.2 Å². The quantitative estimate of drug-likeness (QED) is 0.577. The average molecular weight is 451 g/mol. The highest BCUT2D eigenvalue weighted by atomic mass is 32.1. The Labute approximate surface area is 191 Å². The number of para-hydroxylation sites is 1. The molecule has 0 saturated heterocycles. The lowest BCUT2D eigenvalue weighted by Gasteiger charge is -2.33. The minimum atomic E-state index is -0.916. The van der Waals surface area contributed by atoms with Crippen molar-refractivity contribution in [2.24, 2.45) is 0 Å². The number of hydrogen-bond acceptors (Lipinski definition) is 6. The molecular weight excluding hydrogens is 424 g/mol. The molecule has 2 heterocycles. The molecule has 1 aromatic carbocycles. The summed E-state index contributed by atoms with van der Waals surface area (Å²) < 4.78 is 5.58. The topological polar surface area (TPSA) is 84.4 Å². The van der Waals surface area contributed by atoms with E-state index in [1.54, 1.807) is 13.2 Å². The van der Waals surface area contributed by atoms with E-state index in [0.717, 1.165) is 25.7 Å². The number of methoxy groups -OCH3 is 1. The molecule has 0 bridgehead atoms. The Bertz CT molecular complexity index is 1040. The summed E-state index contributed by atoms with van der Waals surface area (Å²) in [5, 5.41) is 5.73. The van der Waals surface area contributed by atoms with Crippen LogP contribution in [0, 0.1) is 0 Å². The van der Waals surface area contributed by atoms with Crippen LogP contribution in [0.3, 0.4) is 0 Å². The molecule has 3 aromatic rings. The van der Waals surface area contributed by atoms with E-state index in [2.05, 4.69) is 15.3 Å². The number of carbonyl (C=O) groups is 2. The predicted octanol–water partition coefficient (Wildman–Crippen LogP) is 4.38. The third-order valence-electron chi connectivity index (χ3n) is 5.64. The molecule has 1 N–H and O–H groups in total. The van der Waals surface area contributed by atoms with Crippen LogP contribution in [0.15, 0.2) is 60.4 Å². The van der Waals surface area contributed by atoms with Crippen LogP contribution < -0.4 is 15.0 Å². The highest BCUT2D eigenvalue weighted by Gasteiger charge is 2.37. The van der Waals surface area contributed by atoms with Gasteiger partial charge < -0.3 is 10.1 Å². The molecule has 0 unspecified atom stereocenters. The second-order valence-electron chi connectivity index (χ2n) is 7.71. The van der Waals surface area contributed by atoms with Crippen LogP contribution in [-0.2, 0) is 4.79 Å². The first kappa shape index (κ1) is 22.0. The van der Waals surface area contributed by atoms with Crippen molar-refractivity contribution in [3.63, 3.8) is 0 Å². The molecule has 0 aliphatic heterocycles. The fraction of sp³-hybridized carbons (Fsp3) is 0.333. The lowest BCUT2D eigenvalue weighted by atomic mass is 9.94. The predicted molar refractivity (Wildman–Crippen MR) is 124 cm³/mol. The van der Waals surface area contributed by atoms with Gasteiger partial charge in [0.15, 0.2) is 0 Å². The molecule has 1 fully saturated rings. The number of rotatable bonds is 7. The lowest BCUT2D eigenvalue weighted by Crippen LogP contribution is -2.47. The monoisotopic (exact) mass is 450 g/mol. The van der Waals surface area contributed by atoms with Crippen molar-refractivity contribution in [1.29, 1.82) is 0 Å². The van der Waals surface area contributed by atoms with E-state index in [-0.39, 0.29) is 17.6 Å². The molecule has 1 aliphatic carbocycles. The Hall–Kier alpha value is -3.26. The summed E-state index contributed by atoms with van der Waals surface area (Å²) in [4.78, 5) is 37.2. The maximum Gasteiger partial charge on any atom is 0.280 e. The minimum absolute atomic E-state index is 0.102. The summed E-state index contributed by atoms with van der Waals surface area (Å²) in [5.74, 6) is -0.0768. The lowest BCUT2D eigenvalue weighted by molar-refractivity contribution is -0.123. The molecule has 7 nitrogen and oxygen atoms in total. The molecule has 0 spiro atoms. The second kappa shape index (κ2) is 10.4. The van der Waals surface area contributed by atoms with Crippen molar-refractivity contribution in [1.82, 2.24) is 15.3 Å². The van der Waals surface area contributed by atoms with Crippen LogP contribution in [0.1, 0.15) is 54.2 Å². The Balaban J connectivity index is 1.79. The summed E-state index contributed by atoms with van der Waals surface area (Å²) >= 11 is 1.39. The number of hydrogen-bond donors (Lipinski definition) is 1. The van der Waals surface area contributed by atoms with Gasteiger partial charge >= 0.3 is 0 Å². The minimum Gasteiger partial charge on any atom is -0.496 e. The highest BCUT2D eigenvalue weighted by Crippen LogP contribution is 2.36. The number of ether oxygens (including phenoxy) is 1. The maximum absolute atomic E-state index is 13.8. The van der Waals surface area contributed by atoms with Crippen molar-refractivity contribution in [3.05, 3.63) is 71.6 Å². The molecule has 32 heavy (non-hydrogen) atoms. The Morgan fingerprint density at radius 2 is 1.94 bits per heavy atom. The third kappa shape index (κ3) is 4.80. The number of aromatic nitrogens is 2. The largest absolute Gasteiger partial charge is 0.496 e. The van der Waals surface area contributed by atoms with E-state index >= 15 is 0 Å². The number of benzene rings is 1. The van der Waals surface area contributed by atoms with Crippen LogP contribution in [-0.4, -0.2) is 34.9 Å². The molecular formula is C24H26N4O3S. The van der Waals surface area contributed by atoms with Crippen molar-refractivity contribution < 1.29 is 14.3 Å². The van der Waals surface area contributed by atoms with Crippen molar-refractivity contribution in [2.75, 3.05) is 12.0 Å². The summed E-state index contributed by atoms with van der Waals surface area (Å²) in [6.07, 6.45) is 9.67. The van der Waals surface area contributed by atoms with Gasteiger partial charge in [0.25, 0.3) is 5.91 Å². The molecule has 1 saturated carbocycles. The summed E-state index contributed by atoms with van der Waals surface area (Å²) in [6.45, 7) is 0. The number of amides is 2. The van der Waals surface area contributed by atoms with Crippen LogP contribution in [0.4, 0.5) is 5.00 Å². The number of nitrogens with one attached hydrogen (secondary N) is 1. The zero-order chi connectivity index (χ0) is 22.3. The normalized spacial score (nSPS) is 15.0. The van der Waals surface area contributed by atoms with Crippen molar-refractivity contribution >= 4 is 28.2 Å². The second-order valence-corrected chi connectivity index (χ2v) is 8.63. The molecule has 2 amide bonds. The van der Waals surface area contributed by atoms with Gasteiger partial charge in [0.1, 0.15) is 17.5 Å². The summed E-state index contributed by atoms with van der Waals surface area (Å²) in [6, 6.07) is 10.2. The van der Waals surface area contributed by atoms with Crippen LogP contribution >= 0.6 is 11.3 Å². The van der Waals surface area contributed by atoms with Gasteiger partial charge in [0.2, 0.25) is 5.91 Å². The number of anilines is 1. The first-order chi connectivity index (χ1) is 15.7. The molecule has 4 rings (SSSR count). The van der Waals surface area contributed by atoms with E-state index in [0.29, 0.717) is 16.3 Å². The molecule has 1 aliphatic rings. The van der Waals surface area contributed by atoms with E-state index in [4.69, 9.17) is 4.74 Å². The maximum atomic E-state index is 13.8. The van der Waals surface area contributed by atoms with Gasteiger partial charge in [-0.3, -0.25) is 19.5 Å². The number of nitrogens with zero attached hydrogens (tertiary/aromatic N) is 3. The van der Waals surface area contributed by atoms with Crippen LogP contribution in [0.2, 0.25) is 0 Å². The zero-order valence-electron chi connectivity index (χ0n) is 17.9. The Kier molecular flexibility index (Phi) is 7.11. The first-order valence-electron chi connectivity index (χ1n) is 10.8. The van der Waals surface area contributed by atoms with Gasteiger partial charge in [0.05, 0.1) is 18.3 Å². The highest BCUT2D eigenvalue weighted by molar-refractivity contribution is 7.14.